The molecule has 2 N–H and O–H groups in total. The average molecular weight is 343 g/mol. The maximum absolute atomic E-state index is 4.96. The molecule has 0 bridgehead atoms. The van der Waals surface area contributed by atoms with Gasteiger partial charge < -0.3 is 9.97 Å². The van der Waals surface area contributed by atoms with Crippen LogP contribution in [0.25, 0.3) is 17.8 Å². The van der Waals surface area contributed by atoms with Gasteiger partial charge in [0.15, 0.2) is 0 Å². The fraction of sp³-hybridized carbons (Fsp3) is 0.261. The van der Waals surface area contributed by atoms with E-state index in [4.69, 9.17) is 4.99 Å². The molecule has 3 nitrogen and oxygen atoms in total. The lowest BCUT2D eigenvalue weighted by molar-refractivity contribution is 1.14. The van der Waals surface area contributed by atoms with Crippen molar-refractivity contribution in [1.29, 1.82) is 0 Å². The van der Waals surface area contributed by atoms with Crippen LogP contribution in [0, 0.1) is 41.5 Å². The van der Waals surface area contributed by atoms with Crippen LogP contribution < -0.4 is 21.3 Å². The van der Waals surface area contributed by atoms with Crippen LogP contribution in [0.5, 0.6) is 0 Å². The first-order valence-corrected chi connectivity index (χ1v) is 9.09. The molecule has 0 radical (unpaired) electrons. The van der Waals surface area contributed by atoms with Crippen molar-refractivity contribution in [3.63, 3.8) is 0 Å². The molecule has 0 amide bonds. The van der Waals surface area contributed by atoms with Crippen molar-refractivity contribution in [3.05, 3.63) is 78.7 Å². The molecule has 2 aromatic heterocycles. The monoisotopic (exact) mass is 343 g/mol. The summed E-state index contributed by atoms with van der Waals surface area (Å²) in [6, 6.07) is 6.38. The number of rotatable bonds is 1. The number of hydrogen-bond donors (Lipinski definition) is 2. The number of nitrogens with zero attached hydrogens (tertiary/aromatic N) is 1. The van der Waals surface area contributed by atoms with Crippen molar-refractivity contribution in [3.8, 4) is 0 Å². The fourth-order valence-corrected chi connectivity index (χ4v) is 3.70. The molecule has 0 fully saturated rings. The van der Waals surface area contributed by atoms with E-state index >= 15 is 0 Å². The maximum Gasteiger partial charge on any atom is 0.0879 e. The van der Waals surface area contributed by atoms with Crippen LogP contribution in [0.1, 0.15) is 39.2 Å². The molecule has 0 atom stereocenters. The van der Waals surface area contributed by atoms with Gasteiger partial charge >= 0.3 is 0 Å². The van der Waals surface area contributed by atoms with E-state index < -0.39 is 0 Å². The number of hydrogen-bond acceptors (Lipinski definition) is 1. The smallest absolute Gasteiger partial charge is 0.0879 e. The van der Waals surface area contributed by atoms with Gasteiger partial charge in [-0.1, -0.05) is 0 Å². The molecule has 3 heteroatoms. The van der Waals surface area contributed by atoms with Crippen molar-refractivity contribution < 1.29 is 0 Å². The zero-order chi connectivity index (χ0) is 18.6. The van der Waals surface area contributed by atoms with E-state index in [1.165, 1.54) is 38.7 Å². The third kappa shape index (κ3) is 2.55. The second-order valence-electron chi connectivity index (χ2n) is 7.42. The van der Waals surface area contributed by atoms with E-state index in [0.717, 1.165) is 27.4 Å². The van der Waals surface area contributed by atoms with Crippen LogP contribution >= 0.6 is 0 Å². The summed E-state index contributed by atoms with van der Waals surface area (Å²) in [5, 5.41) is 4.58. The predicted molar refractivity (Wildman–Crippen MR) is 108 cm³/mol. The third-order valence-electron chi connectivity index (χ3n) is 5.70. The summed E-state index contributed by atoms with van der Waals surface area (Å²) in [7, 11) is 0. The molecule has 0 spiro atoms. The summed E-state index contributed by atoms with van der Waals surface area (Å²) < 4.78 is 0. The van der Waals surface area contributed by atoms with Gasteiger partial charge in [0.25, 0.3) is 0 Å². The van der Waals surface area contributed by atoms with Crippen LogP contribution in [-0.2, 0) is 0 Å². The number of H-pyrrole nitrogens is 2. The lowest BCUT2D eigenvalue weighted by Gasteiger charge is -2.08. The minimum Gasteiger partial charge on any atom is -0.359 e. The maximum atomic E-state index is 4.96. The zero-order valence-electron chi connectivity index (χ0n) is 16.3. The second kappa shape index (κ2) is 5.87. The quantitative estimate of drug-likeness (QED) is 0.681. The first kappa shape index (κ1) is 16.6. The highest BCUT2D eigenvalue weighted by atomic mass is 14.8. The summed E-state index contributed by atoms with van der Waals surface area (Å²) in [5.74, 6) is 0. The van der Waals surface area contributed by atoms with Crippen molar-refractivity contribution in [1.82, 2.24) is 9.97 Å². The Hall–Kier alpha value is -2.81. The van der Waals surface area contributed by atoms with E-state index in [1.54, 1.807) is 0 Å². The van der Waals surface area contributed by atoms with Gasteiger partial charge in [-0.05, 0) is 99.7 Å². The molecule has 4 rings (SSSR count). The number of aromatic nitrogens is 2. The number of aryl methyl sites for hydroxylation is 2. The highest BCUT2D eigenvalue weighted by molar-refractivity contribution is 5.78. The van der Waals surface area contributed by atoms with Crippen LogP contribution in [-0.4, -0.2) is 9.97 Å². The van der Waals surface area contributed by atoms with Gasteiger partial charge in [0.2, 0.25) is 0 Å². The summed E-state index contributed by atoms with van der Waals surface area (Å²) in [5.41, 5.74) is 9.84. The standard InChI is InChI=1S/C23H25N3/c1-12-9-21(25-20(12)10-18-8-7-13(2)24-18)22-11-19-16(5)14(3)15(4)17(6)23(19)26-22/h7-11,24-25H,1-6H3. The van der Waals surface area contributed by atoms with E-state index in [-0.39, 0.29) is 0 Å². The van der Waals surface area contributed by atoms with Gasteiger partial charge in [0, 0.05) is 22.0 Å². The number of nitrogens with one attached hydrogen (secondary N) is 2. The predicted octanol–water partition coefficient (Wildman–Crippen LogP) is 2.24. The molecular formula is C23H25N3. The topological polar surface area (TPSA) is 43.9 Å². The summed E-state index contributed by atoms with van der Waals surface area (Å²) in [6.07, 6.45) is 4.37. The first-order valence-electron chi connectivity index (χ1n) is 9.09. The van der Waals surface area contributed by atoms with Crippen LogP contribution in [0.3, 0.4) is 0 Å². The van der Waals surface area contributed by atoms with Crippen LogP contribution in [0.2, 0.25) is 0 Å². The van der Waals surface area contributed by atoms with Gasteiger partial charge in [0.05, 0.1) is 16.4 Å². The number of aromatic amines is 2. The minimum atomic E-state index is 1.02. The molecule has 3 heterocycles. The SMILES string of the molecule is Cc1ccc(C=c2[nH]c(=C3C=c4c(C)c(C)c(C)c(C)c4=N3)cc2C)[nH]1. The molecule has 1 aromatic carbocycles. The molecule has 1 aliphatic rings. The van der Waals surface area contributed by atoms with E-state index in [1.807, 2.05) is 0 Å². The molecule has 3 aromatic rings. The highest BCUT2D eigenvalue weighted by Gasteiger charge is 2.12. The first-order chi connectivity index (χ1) is 12.3. The Bertz CT molecular complexity index is 1230. The summed E-state index contributed by atoms with van der Waals surface area (Å²) in [4.78, 5) is 11.9. The largest absolute Gasteiger partial charge is 0.359 e. The fourth-order valence-electron chi connectivity index (χ4n) is 3.70. The Labute approximate surface area is 153 Å². The summed E-state index contributed by atoms with van der Waals surface area (Å²) in [6.45, 7) is 13.0. The van der Waals surface area contributed by atoms with Crippen LogP contribution in [0.15, 0.2) is 23.2 Å². The lowest BCUT2D eigenvalue weighted by atomic mass is 9.97. The third-order valence-corrected chi connectivity index (χ3v) is 5.70. The zero-order valence-corrected chi connectivity index (χ0v) is 16.3. The van der Waals surface area contributed by atoms with E-state index in [2.05, 4.69) is 81.9 Å². The molecular weight excluding hydrogens is 318 g/mol. The normalized spacial score (nSPS) is 15.8. The van der Waals surface area contributed by atoms with Gasteiger partial charge in [-0.3, -0.25) is 0 Å². The van der Waals surface area contributed by atoms with Gasteiger partial charge in [0.1, 0.15) is 0 Å². The minimum absolute atomic E-state index is 1.02. The number of benzene rings is 1. The molecule has 0 saturated heterocycles. The van der Waals surface area contributed by atoms with Crippen molar-refractivity contribution in [2.45, 2.75) is 41.5 Å². The molecule has 0 saturated carbocycles. The Balaban J connectivity index is 1.96. The highest BCUT2D eigenvalue weighted by Crippen LogP contribution is 2.13. The van der Waals surface area contributed by atoms with Gasteiger partial charge in [-0.15, -0.1) is 0 Å². The second-order valence-corrected chi connectivity index (χ2v) is 7.42. The molecule has 26 heavy (non-hydrogen) atoms. The summed E-state index contributed by atoms with van der Waals surface area (Å²) >= 11 is 0. The molecule has 1 aliphatic heterocycles. The van der Waals surface area contributed by atoms with Gasteiger partial charge in [-0.2, -0.15) is 0 Å². The van der Waals surface area contributed by atoms with E-state index in [0.29, 0.717) is 0 Å². The Morgan fingerprint density at radius 2 is 1.58 bits per heavy atom. The molecule has 0 aliphatic carbocycles. The van der Waals surface area contributed by atoms with E-state index in [9.17, 15) is 0 Å². The molecule has 132 valence electrons. The van der Waals surface area contributed by atoms with Gasteiger partial charge in [-0.25, -0.2) is 4.99 Å². The van der Waals surface area contributed by atoms with Crippen molar-refractivity contribution in [2.75, 3.05) is 0 Å². The van der Waals surface area contributed by atoms with Crippen molar-refractivity contribution >= 4 is 17.8 Å². The van der Waals surface area contributed by atoms with Crippen LogP contribution in [0.4, 0.5) is 0 Å². The Morgan fingerprint density at radius 3 is 2.27 bits per heavy atom. The number of fused-ring (bicyclic) bond motifs is 1. The molecule has 0 unspecified atom stereocenters. The Kier molecular flexibility index (Phi) is 3.76. The van der Waals surface area contributed by atoms with Crippen molar-refractivity contribution in [2.24, 2.45) is 4.99 Å². The lowest BCUT2D eigenvalue weighted by Crippen LogP contribution is -2.29. The average Bonchev–Trinajstić information content (AvgIpc) is 3.31. The Morgan fingerprint density at radius 1 is 0.846 bits per heavy atom.